The normalized spacial score (nSPS) is 10.5. The highest BCUT2D eigenvalue weighted by molar-refractivity contribution is 5.89. The summed E-state index contributed by atoms with van der Waals surface area (Å²) in [6, 6.07) is 6.32. The van der Waals surface area contributed by atoms with Crippen molar-refractivity contribution in [1.82, 2.24) is 9.55 Å². The Hall–Kier alpha value is -2.10. The Balaban J connectivity index is 1.92. The van der Waals surface area contributed by atoms with Gasteiger partial charge in [0.1, 0.15) is 0 Å². The molecule has 0 spiro atoms. The van der Waals surface area contributed by atoms with Crippen LogP contribution in [-0.2, 0) is 18.3 Å². The molecule has 19 heavy (non-hydrogen) atoms. The van der Waals surface area contributed by atoms with E-state index in [2.05, 4.69) is 42.3 Å². The predicted molar refractivity (Wildman–Crippen MR) is 76.1 cm³/mol. The lowest BCUT2D eigenvalue weighted by Crippen LogP contribution is -2.15. The lowest BCUT2D eigenvalue weighted by Gasteiger charge is -2.07. The molecular formula is C15H19N3O. The van der Waals surface area contributed by atoms with Crippen molar-refractivity contribution in [2.45, 2.75) is 26.7 Å². The Kier molecular flexibility index (Phi) is 4.00. The quantitative estimate of drug-likeness (QED) is 0.915. The van der Waals surface area contributed by atoms with Crippen LogP contribution >= 0.6 is 0 Å². The number of rotatable bonds is 4. The SMILES string of the molecule is Cc1ccc(CCC(=O)Nc2nccn2C)c(C)c1. The summed E-state index contributed by atoms with van der Waals surface area (Å²) in [5.41, 5.74) is 3.71. The fourth-order valence-corrected chi connectivity index (χ4v) is 2.05. The molecule has 0 aliphatic carbocycles. The van der Waals surface area contributed by atoms with E-state index in [9.17, 15) is 4.79 Å². The molecule has 2 aromatic rings. The molecule has 0 bridgehead atoms. The van der Waals surface area contributed by atoms with E-state index in [4.69, 9.17) is 0 Å². The first-order valence-electron chi connectivity index (χ1n) is 6.39. The minimum absolute atomic E-state index is 0.00530. The summed E-state index contributed by atoms with van der Waals surface area (Å²) in [7, 11) is 1.85. The second kappa shape index (κ2) is 5.69. The summed E-state index contributed by atoms with van der Waals surface area (Å²) in [5, 5.41) is 2.80. The third-order valence-corrected chi connectivity index (χ3v) is 3.19. The zero-order valence-electron chi connectivity index (χ0n) is 11.6. The lowest BCUT2D eigenvalue weighted by atomic mass is 10.0. The maximum absolute atomic E-state index is 11.8. The van der Waals surface area contributed by atoms with Gasteiger partial charge >= 0.3 is 0 Å². The van der Waals surface area contributed by atoms with Crippen LogP contribution in [0.25, 0.3) is 0 Å². The summed E-state index contributed by atoms with van der Waals surface area (Å²) in [6.45, 7) is 4.16. The number of imidazole rings is 1. The second-order valence-electron chi connectivity index (χ2n) is 4.84. The van der Waals surface area contributed by atoms with Crippen LogP contribution in [0, 0.1) is 13.8 Å². The molecule has 0 saturated heterocycles. The summed E-state index contributed by atoms with van der Waals surface area (Å²) >= 11 is 0. The number of hydrogen-bond acceptors (Lipinski definition) is 2. The molecule has 0 aliphatic heterocycles. The van der Waals surface area contributed by atoms with Crippen molar-refractivity contribution in [2.75, 3.05) is 5.32 Å². The number of aryl methyl sites for hydroxylation is 4. The van der Waals surface area contributed by atoms with Crippen molar-refractivity contribution in [3.05, 3.63) is 47.3 Å². The average molecular weight is 257 g/mol. The van der Waals surface area contributed by atoms with Crippen molar-refractivity contribution in [1.29, 1.82) is 0 Å². The number of amides is 1. The van der Waals surface area contributed by atoms with Gasteiger partial charge in [-0.1, -0.05) is 23.8 Å². The first kappa shape index (κ1) is 13.3. The van der Waals surface area contributed by atoms with Crippen LogP contribution in [0.3, 0.4) is 0 Å². The molecule has 0 radical (unpaired) electrons. The van der Waals surface area contributed by atoms with Crippen molar-refractivity contribution in [3.8, 4) is 0 Å². The Morgan fingerprint density at radius 3 is 2.79 bits per heavy atom. The van der Waals surface area contributed by atoms with Crippen LogP contribution in [-0.4, -0.2) is 15.5 Å². The molecule has 0 saturated carbocycles. The molecular weight excluding hydrogens is 238 g/mol. The van der Waals surface area contributed by atoms with Crippen molar-refractivity contribution < 1.29 is 4.79 Å². The monoisotopic (exact) mass is 257 g/mol. The first-order valence-corrected chi connectivity index (χ1v) is 6.39. The van der Waals surface area contributed by atoms with E-state index in [1.807, 2.05) is 7.05 Å². The molecule has 4 nitrogen and oxygen atoms in total. The summed E-state index contributed by atoms with van der Waals surface area (Å²) in [6.07, 6.45) is 4.69. The van der Waals surface area contributed by atoms with Crippen LogP contribution in [0.4, 0.5) is 5.95 Å². The van der Waals surface area contributed by atoms with Gasteiger partial charge in [0.15, 0.2) is 0 Å². The maximum atomic E-state index is 11.8. The van der Waals surface area contributed by atoms with E-state index in [1.165, 1.54) is 16.7 Å². The Morgan fingerprint density at radius 2 is 2.16 bits per heavy atom. The number of carbonyl (C=O) groups excluding carboxylic acids is 1. The summed E-state index contributed by atoms with van der Waals surface area (Å²) in [4.78, 5) is 15.9. The van der Waals surface area contributed by atoms with Crippen LogP contribution in [0.1, 0.15) is 23.1 Å². The highest BCUT2D eigenvalue weighted by Gasteiger charge is 2.07. The molecule has 1 aromatic heterocycles. The molecule has 0 unspecified atom stereocenters. The predicted octanol–water partition coefficient (Wildman–Crippen LogP) is 2.61. The first-order chi connectivity index (χ1) is 9.06. The van der Waals surface area contributed by atoms with E-state index in [1.54, 1.807) is 17.0 Å². The van der Waals surface area contributed by atoms with Gasteiger partial charge in [0, 0.05) is 25.9 Å². The maximum Gasteiger partial charge on any atom is 0.227 e. The number of anilines is 1. The zero-order chi connectivity index (χ0) is 13.8. The van der Waals surface area contributed by atoms with Gasteiger partial charge in [-0.3, -0.25) is 10.1 Å². The Morgan fingerprint density at radius 1 is 1.37 bits per heavy atom. The van der Waals surface area contributed by atoms with E-state index in [-0.39, 0.29) is 5.91 Å². The molecule has 1 N–H and O–H groups in total. The van der Waals surface area contributed by atoms with E-state index in [0.717, 1.165) is 6.42 Å². The molecule has 1 aromatic carbocycles. The minimum atomic E-state index is -0.00530. The Labute approximate surface area is 113 Å². The second-order valence-corrected chi connectivity index (χ2v) is 4.84. The van der Waals surface area contributed by atoms with Gasteiger partial charge in [-0.2, -0.15) is 0 Å². The van der Waals surface area contributed by atoms with Crippen molar-refractivity contribution in [3.63, 3.8) is 0 Å². The average Bonchev–Trinajstić information content (AvgIpc) is 2.74. The van der Waals surface area contributed by atoms with Crippen LogP contribution in [0.2, 0.25) is 0 Å². The minimum Gasteiger partial charge on any atom is -0.320 e. The molecule has 0 fully saturated rings. The largest absolute Gasteiger partial charge is 0.320 e. The fraction of sp³-hybridized carbons (Fsp3) is 0.333. The van der Waals surface area contributed by atoms with Gasteiger partial charge < -0.3 is 4.57 Å². The van der Waals surface area contributed by atoms with Crippen molar-refractivity contribution in [2.24, 2.45) is 7.05 Å². The van der Waals surface area contributed by atoms with E-state index < -0.39 is 0 Å². The third kappa shape index (κ3) is 3.44. The van der Waals surface area contributed by atoms with E-state index >= 15 is 0 Å². The molecule has 0 aliphatic rings. The fourth-order valence-electron chi connectivity index (χ4n) is 2.05. The number of carbonyl (C=O) groups is 1. The van der Waals surface area contributed by atoms with Crippen molar-refractivity contribution >= 4 is 11.9 Å². The lowest BCUT2D eigenvalue weighted by molar-refractivity contribution is -0.116. The number of benzene rings is 1. The molecule has 1 heterocycles. The smallest absolute Gasteiger partial charge is 0.227 e. The molecule has 2 rings (SSSR count). The molecule has 4 heteroatoms. The molecule has 1 amide bonds. The van der Waals surface area contributed by atoms with Gasteiger partial charge in [0.05, 0.1) is 0 Å². The Bertz CT molecular complexity index is 587. The van der Waals surface area contributed by atoms with Gasteiger partial charge in [0.25, 0.3) is 0 Å². The topological polar surface area (TPSA) is 46.9 Å². The summed E-state index contributed by atoms with van der Waals surface area (Å²) in [5.74, 6) is 0.583. The van der Waals surface area contributed by atoms with Crippen LogP contribution in [0.15, 0.2) is 30.6 Å². The molecule has 0 atom stereocenters. The highest BCUT2D eigenvalue weighted by atomic mass is 16.1. The van der Waals surface area contributed by atoms with Crippen LogP contribution in [0.5, 0.6) is 0 Å². The van der Waals surface area contributed by atoms with Gasteiger partial charge in [-0.15, -0.1) is 0 Å². The van der Waals surface area contributed by atoms with Gasteiger partial charge in [-0.25, -0.2) is 4.98 Å². The highest BCUT2D eigenvalue weighted by Crippen LogP contribution is 2.13. The molecule has 100 valence electrons. The number of nitrogens with one attached hydrogen (secondary N) is 1. The standard InChI is InChI=1S/C15H19N3O/c1-11-4-5-13(12(2)10-11)6-7-14(19)17-15-16-8-9-18(15)3/h4-5,8-10H,6-7H2,1-3H3,(H,16,17,19). The van der Waals surface area contributed by atoms with E-state index in [0.29, 0.717) is 12.4 Å². The summed E-state index contributed by atoms with van der Waals surface area (Å²) < 4.78 is 1.79. The van der Waals surface area contributed by atoms with Crippen LogP contribution < -0.4 is 5.32 Å². The van der Waals surface area contributed by atoms with Gasteiger partial charge in [-0.05, 0) is 31.4 Å². The third-order valence-electron chi connectivity index (χ3n) is 3.19. The van der Waals surface area contributed by atoms with Gasteiger partial charge in [0.2, 0.25) is 11.9 Å². The zero-order valence-corrected chi connectivity index (χ0v) is 11.6. The number of aromatic nitrogens is 2. The number of hydrogen-bond donors (Lipinski definition) is 1. The number of nitrogens with zero attached hydrogens (tertiary/aromatic N) is 2.